The zero-order valence-corrected chi connectivity index (χ0v) is 11.7. The van der Waals surface area contributed by atoms with Crippen molar-refractivity contribution in [2.75, 3.05) is 25.3 Å². The molecule has 5 heteroatoms. The normalized spacial score (nSPS) is 10.2. The molecule has 4 nitrogen and oxygen atoms in total. The molecule has 106 valence electrons. The molecule has 2 rings (SSSR count). The third-order valence-corrected chi connectivity index (χ3v) is 2.99. The zero-order chi connectivity index (χ0) is 14.7. The summed E-state index contributed by atoms with van der Waals surface area (Å²) in [6.07, 6.45) is 0. The van der Waals surface area contributed by atoms with Crippen LogP contribution in [0.15, 0.2) is 30.3 Å². The van der Waals surface area contributed by atoms with Gasteiger partial charge in [-0.05, 0) is 30.7 Å². The molecule has 0 aliphatic carbocycles. The van der Waals surface area contributed by atoms with Crippen molar-refractivity contribution >= 4 is 17.1 Å². The molecule has 0 spiro atoms. The first-order chi connectivity index (χ1) is 9.55. The van der Waals surface area contributed by atoms with Gasteiger partial charge in [0.25, 0.3) is 0 Å². The van der Waals surface area contributed by atoms with Crippen LogP contribution in [0.4, 0.5) is 21.5 Å². The van der Waals surface area contributed by atoms with E-state index in [-0.39, 0.29) is 5.69 Å². The lowest BCUT2D eigenvalue weighted by Gasteiger charge is -2.13. The number of nitrogens with one attached hydrogen (secondary N) is 1. The minimum atomic E-state index is -0.434. The summed E-state index contributed by atoms with van der Waals surface area (Å²) in [6, 6.07) is 8.28. The predicted octanol–water partition coefficient (Wildman–Crippen LogP) is 3.48. The van der Waals surface area contributed by atoms with Crippen LogP contribution in [0.25, 0.3) is 0 Å². The molecule has 0 bridgehead atoms. The lowest BCUT2D eigenvalue weighted by molar-refractivity contribution is 0.412. The van der Waals surface area contributed by atoms with E-state index in [0.717, 1.165) is 17.0 Å². The molecule has 2 aromatic rings. The molecule has 0 saturated carbocycles. The Kier molecular flexibility index (Phi) is 3.98. The van der Waals surface area contributed by atoms with Crippen molar-refractivity contribution in [2.24, 2.45) is 0 Å². The molecule has 0 saturated heterocycles. The highest BCUT2D eigenvalue weighted by atomic mass is 19.1. The number of hydrogen-bond donors (Lipinski definition) is 2. The monoisotopic (exact) mass is 276 g/mol. The molecule has 2 aromatic carbocycles. The second-order valence-corrected chi connectivity index (χ2v) is 4.38. The summed E-state index contributed by atoms with van der Waals surface area (Å²) < 4.78 is 24.2. The van der Waals surface area contributed by atoms with Crippen molar-refractivity contribution in [2.45, 2.75) is 6.92 Å². The molecular weight excluding hydrogens is 259 g/mol. The molecule has 0 heterocycles. The van der Waals surface area contributed by atoms with Crippen molar-refractivity contribution in [3.63, 3.8) is 0 Å². The number of hydrogen-bond acceptors (Lipinski definition) is 4. The fourth-order valence-electron chi connectivity index (χ4n) is 1.95. The van der Waals surface area contributed by atoms with Crippen LogP contribution >= 0.6 is 0 Å². The molecule has 0 fully saturated rings. The predicted molar refractivity (Wildman–Crippen MR) is 78.4 cm³/mol. The molecule has 0 aliphatic heterocycles. The molecular formula is C15H17FN2O2. The first-order valence-electron chi connectivity index (χ1n) is 6.10. The lowest BCUT2D eigenvalue weighted by atomic mass is 10.2. The number of anilines is 3. The van der Waals surface area contributed by atoms with E-state index in [0.29, 0.717) is 11.4 Å². The average Bonchev–Trinajstić information content (AvgIpc) is 2.42. The topological polar surface area (TPSA) is 56.5 Å². The van der Waals surface area contributed by atoms with Crippen LogP contribution < -0.4 is 20.5 Å². The maximum Gasteiger partial charge on any atom is 0.148 e. The van der Waals surface area contributed by atoms with Crippen LogP contribution in [0.2, 0.25) is 0 Å². The zero-order valence-electron chi connectivity index (χ0n) is 11.7. The molecule has 20 heavy (non-hydrogen) atoms. The van der Waals surface area contributed by atoms with Gasteiger partial charge >= 0.3 is 0 Å². The second-order valence-electron chi connectivity index (χ2n) is 4.38. The number of benzene rings is 2. The van der Waals surface area contributed by atoms with Crippen molar-refractivity contribution in [1.29, 1.82) is 0 Å². The maximum absolute atomic E-state index is 13.9. The van der Waals surface area contributed by atoms with E-state index in [1.54, 1.807) is 7.11 Å². The van der Waals surface area contributed by atoms with Gasteiger partial charge in [0.1, 0.15) is 17.3 Å². The van der Waals surface area contributed by atoms with Crippen LogP contribution in [0.3, 0.4) is 0 Å². The van der Waals surface area contributed by atoms with E-state index in [9.17, 15) is 4.39 Å². The molecule has 0 aliphatic rings. The first kappa shape index (κ1) is 14.0. The molecule has 3 N–H and O–H groups in total. The van der Waals surface area contributed by atoms with Gasteiger partial charge in [-0.1, -0.05) is 0 Å². The Labute approximate surface area is 117 Å². The summed E-state index contributed by atoms with van der Waals surface area (Å²) >= 11 is 0. The summed E-state index contributed by atoms with van der Waals surface area (Å²) in [5.74, 6) is 0.779. The fourth-order valence-corrected chi connectivity index (χ4v) is 1.95. The minimum absolute atomic E-state index is 0.265. The molecule has 0 unspecified atom stereocenters. The van der Waals surface area contributed by atoms with Crippen LogP contribution in [-0.2, 0) is 0 Å². The quantitative estimate of drug-likeness (QED) is 0.839. The number of rotatable bonds is 4. The van der Waals surface area contributed by atoms with E-state index >= 15 is 0 Å². The number of nitrogens with two attached hydrogens (primary N) is 1. The first-order valence-corrected chi connectivity index (χ1v) is 6.10. The smallest absolute Gasteiger partial charge is 0.148 e. The van der Waals surface area contributed by atoms with E-state index in [2.05, 4.69) is 5.32 Å². The van der Waals surface area contributed by atoms with E-state index in [1.165, 1.54) is 19.2 Å². The van der Waals surface area contributed by atoms with Crippen LogP contribution in [0.5, 0.6) is 11.5 Å². The van der Waals surface area contributed by atoms with Crippen LogP contribution in [0, 0.1) is 12.7 Å². The average molecular weight is 276 g/mol. The van der Waals surface area contributed by atoms with Crippen molar-refractivity contribution in [1.82, 2.24) is 0 Å². The molecule has 0 amide bonds. The molecule has 0 atom stereocenters. The van der Waals surface area contributed by atoms with E-state index in [4.69, 9.17) is 15.2 Å². The Balaban J connectivity index is 2.32. The number of halogens is 1. The van der Waals surface area contributed by atoms with Gasteiger partial charge in [0.05, 0.1) is 25.6 Å². The van der Waals surface area contributed by atoms with E-state index in [1.807, 2.05) is 25.1 Å². The number of ether oxygens (including phenoxy) is 2. The third kappa shape index (κ3) is 2.77. The molecule has 0 aromatic heterocycles. The van der Waals surface area contributed by atoms with E-state index < -0.39 is 5.82 Å². The fraction of sp³-hybridized carbons (Fsp3) is 0.200. The van der Waals surface area contributed by atoms with Gasteiger partial charge in [0, 0.05) is 17.8 Å². The number of nitrogen functional groups attached to an aromatic ring is 1. The highest BCUT2D eigenvalue weighted by Crippen LogP contribution is 2.31. The summed E-state index contributed by atoms with van der Waals surface area (Å²) in [5.41, 5.74) is 7.94. The Morgan fingerprint density at radius 1 is 1.05 bits per heavy atom. The third-order valence-electron chi connectivity index (χ3n) is 2.99. The van der Waals surface area contributed by atoms with Crippen molar-refractivity contribution in [3.05, 3.63) is 41.7 Å². The highest BCUT2D eigenvalue weighted by Gasteiger charge is 2.09. The maximum atomic E-state index is 13.9. The largest absolute Gasteiger partial charge is 0.496 e. The van der Waals surface area contributed by atoms with Crippen LogP contribution in [0.1, 0.15) is 5.56 Å². The van der Waals surface area contributed by atoms with Crippen molar-refractivity contribution < 1.29 is 13.9 Å². The Morgan fingerprint density at radius 3 is 2.35 bits per heavy atom. The van der Waals surface area contributed by atoms with Gasteiger partial charge < -0.3 is 20.5 Å². The van der Waals surface area contributed by atoms with Gasteiger partial charge in [0.15, 0.2) is 0 Å². The number of methoxy groups -OCH3 is 2. The summed E-state index contributed by atoms with van der Waals surface area (Å²) in [5, 5.41) is 3.00. The highest BCUT2D eigenvalue weighted by molar-refractivity contribution is 5.68. The molecule has 0 radical (unpaired) electrons. The summed E-state index contributed by atoms with van der Waals surface area (Å²) in [4.78, 5) is 0. The van der Waals surface area contributed by atoms with Crippen molar-refractivity contribution in [3.8, 4) is 11.5 Å². The lowest BCUT2D eigenvalue weighted by Crippen LogP contribution is -1.99. The van der Waals surface area contributed by atoms with Gasteiger partial charge in [-0.3, -0.25) is 0 Å². The number of aryl methyl sites for hydroxylation is 1. The van der Waals surface area contributed by atoms with Gasteiger partial charge in [-0.25, -0.2) is 4.39 Å². The van der Waals surface area contributed by atoms with Gasteiger partial charge in [-0.15, -0.1) is 0 Å². The summed E-state index contributed by atoms with van der Waals surface area (Å²) in [7, 11) is 3.10. The van der Waals surface area contributed by atoms with Crippen LogP contribution in [-0.4, -0.2) is 14.2 Å². The Hall–Kier alpha value is -2.43. The Morgan fingerprint density at radius 2 is 1.75 bits per heavy atom. The second kappa shape index (κ2) is 5.69. The Bertz CT molecular complexity index is 630. The summed E-state index contributed by atoms with van der Waals surface area (Å²) in [6.45, 7) is 1.92. The van der Waals surface area contributed by atoms with Gasteiger partial charge in [0.2, 0.25) is 0 Å². The minimum Gasteiger partial charge on any atom is -0.496 e. The standard InChI is InChI=1S/C15H17FN2O2/c1-9-6-10(4-5-14(9)19-2)18-13-8-15(20-3)12(17)7-11(13)16/h4-8,18H,17H2,1-3H3. The SMILES string of the molecule is COc1ccc(Nc2cc(OC)c(N)cc2F)cc1C. The van der Waals surface area contributed by atoms with Gasteiger partial charge in [-0.2, -0.15) is 0 Å².